The third-order valence-electron chi connectivity index (χ3n) is 4.66. The van der Waals surface area contributed by atoms with E-state index in [4.69, 9.17) is 4.74 Å². The molecule has 3 aromatic heterocycles. The number of ether oxygens (including phenoxy) is 1. The SMILES string of the molecule is O=S(=O)(Nc1ccc(Oc2ccc(-n3cccc3)nn2)cc1)c1ccc(F)c(-c2nn[nH]n2)c1. The van der Waals surface area contributed by atoms with E-state index in [0.717, 1.165) is 18.2 Å². The van der Waals surface area contributed by atoms with Crippen molar-refractivity contribution in [3.05, 3.63) is 84.9 Å². The molecule has 34 heavy (non-hydrogen) atoms. The summed E-state index contributed by atoms with van der Waals surface area (Å²) in [6.45, 7) is 0. The Labute approximate surface area is 192 Å². The summed E-state index contributed by atoms with van der Waals surface area (Å²) in [5.74, 6) is 0.633. The minimum absolute atomic E-state index is 0.0551. The number of tetrazole rings is 1. The van der Waals surface area contributed by atoms with Gasteiger partial charge in [0.05, 0.1) is 10.5 Å². The molecule has 0 radical (unpaired) electrons. The van der Waals surface area contributed by atoms with Gasteiger partial charge in [-0.05, 0) is 65.9 Å². The minimum Gasteiger partial charge on any atom is -0.438 e. The van der Waals surface area contributed by atoms with E-state index in [1.54, 1.807) is 24.3 Å². The summed E-state index contributed by atoms with van der Waals surface area (Å²) in [5, 5.41) is 21.1. The minimum atomic E-state index is -4.01. The van der Waals surface area contributed by atoms with Crippen molar-refractivity contribution in [2.75, 3.05) is 4.72 Å². The fraction of sp³-hybridized carbons (Fsp3) is 0. The summed E-state index contributed by atoms with van der Waals surface area (Å²) < 4.78 is 49.6. The van der Waals surface area contributed by atoms with Crippen LogP contribution in [-0.4, -0.2) is 43.8 Å². The number of aromatic nitrogens is 7. The molecule has 0 aliphatic heterocycles. The lowest BCUT2D eigenvalue weighted by Gasteiger charge is -2.10. The van der Waals surface area contributed by atoms with Crippen LogP contribution in [0.4, 0.5) is 10.1 Å². The molecule has 0 aliphatic rings. The van der Waals surface area contributed by atoms with Gasteiger partial charge in [-0.1, -0.05) is 0 Å². The summed E-state index contributed by atoms with van der Waals surface area (Å²) in [7, 11) is -4.01. The largest absolute Gasteiger partial charge is 0.438 e. The maximum absolute atomic E-state index is 14.1. The van der Waals surface area contributed by atoms with Crippen LogP contribution in [-0.2, 0) is 10.0 Å². The van der Waals surface area contributed by atoms with E-state index in [1.165, 1.54) is 12.1 Å². The molecule has 0 fully saturated rings. The maximum Gasteiger partial charge on any atom is 0.261 e. The Balaban J connectivity index is 1.29. The second-order valence-corrected chi connectivity index (χ2v) is 8.61. The molecule has 13 heteroatoms. The van der Waals surface area contributed by atoms with Crippen LogP contribution in [0.5, 0.6) is 11.6 Å². The second-order valence-electron chi connectivity index (χ2n) is 6.93. The molecule has 0 saturated carbocycles. The Morgan fingerprint density at radius 3 is 2.41 bits per heavy atom. The van der Waals surface area contributed by atoms with E-state index in [-0.39, 0.29) is 27.9 Å². The van der Waals surface area contributed by atoms with Gasteiger partial charge in [0.2, 0.25) is 11.7 Å². The number of benzene rings is 2. The molecule has 0 aliphatic carbocycles. The third kappa shape index (κ3) is 4.45. The molecule has 5 aromatic rings. The highest BCUT2D eigenvalue weighted by molar-refractivity contribution is 7.92. The molecular formula is C21H15FN8O3S. The molecule has 0 spiro atoms. The van der Waals surface area contributed by atoms with Gasteiger partial charge >= 0.3 is 0 Å². The summed E-state index contributed by atoms with van der Waals surface area (Å²) in [6.07, 6.45) is 3.70. The number of H-pyrrole nitrogens is 1. The first-order valence-corrected chi connectivity index (χ1v) is 11.3. The number of hydrogen-bond acceptors (Lipinski definition) is 8. The van der Waals surface area contributed by atoms with Crippen LogP contribution in [0.3, 0.4) is 0 Å². The summed E-state index contributed by atoms with van der Waals surface area (Å²) in [6, 6.07) is 16.7. The van der Waals surface area contributed by atoms with Gasteiger partial charge < -0.3 is 9.30 Å². The van der Waals surface area contributed by atoms with Crippen molar-refractivity contribution in [1.82, 2.24) is 35.4 Å². The fourth-order valence-electron chi connectivity index (χ4n) is 3.04. The van der Waals surface area contributed by atoms with Gasteiger partial charge in [0.1, 0.15) is 11.6 Å². The van der Waals surface area contributed by atoms with Crippen molar-refractivity contribution in [2.24, 2.45) is 0 Å². The fourth-order valence-corrected chi connectivity index (χ4v) is 4.12. The highest BCUT2D eigenvalue weighted by Crippen LogP contribution is 2.26. The van der Waals surface area contributed by atoms with Gasteiger partial charge in [0.15, 0.2) is 5.82 Å². The van der Waals surface area contributed by atoms with Gasteiger partial charge in [0, 0.05) is 24.1 Å². The van der Waals surface area contributed by atoms with Crippen molar-refractivity contribution in [3.63, 3.8) is 0 Å². The number of halogens is 1. The van der Waals surface area contributed by atoms with Crippen LogP contribution in [0.25, 0.3) is 17.2 Å². The zero-order valence-electron chi connectivity index (χ0n) is 17.2. The first-order valence-electron chi connectivity index (χ1n) is 9.79. The van der Waals surface area contributed by atoms with Crippen molar-refractivity contribution in [2.45, 2.75) is 4.90 Å². The predicted molar refractivity (Wildman–Crippen MR) is 118 cm³/mol. The van der Waals surface area contributed by atoms with E-state index in [2.05, 4.69) is 35.5 Å². The molecule has 0 amide bonds. The third-order valence-corrected chi connectivity index (χ3v) is 6.04. The highest BCUT2D eigenvalue weighted by Gasteiger charge is 2.19. The molecule has 2 aromatic carbocycles. The van der Waals surface area contributed by atoms with Crippen molar-refractivity contribution >= 4 is 15.7 Å². The monoisotopic (exact) mass is 478 g/mol. The van der Waals surface area contributed by atoms with Crippen LogP contribution in [0.15, 0.2) is 84.0 Å². The smallest absolute Gasteiger partial charge is 0.261 e. The number of nitrogens with one attached hydrogen (secondary N) is 2. The molecule has 0 unspecified atom stereocenters. The molecular weight excluding hydrogens is 463 g/mol. The second kappa shape index (κ2) is 8.71. The summed E-state index contributed by atoms with van der Waals surface area (Å²) >= 11 is 0. The Kier molecular flexibility index (Phi) is 5.43. The van der Waals surface area contributed by atoms with E-state index in [1.807, 2.05) is 29.1 Å². The average Bonchev–Trinajstić information content (AvgIpc) is 3.56. The van der Waals surface area contributed by atoms with Crippen LogP contribution < -0.4 is 9.46 Å². The number of aromatic amines is 1. The molecule has 3 heterocycles. The van der Waals surface area contributed by atoms with Gasteiger partial charge in [-0.15, -0.1) is 20.4 Å². The molecule has 0 atom stereocenters. The van der Waals surface area contributed by atoms with Crippen molar-refractivity contribution in [3.8, 4) is 28.8 Å². The average molecular weight is 478 g/mol. The first kappa shape index (κ1) is 21.2. The first-order chi connectivity index (χ1) is 16.5. The lowest BCUT2D eigenvalue weighted by molar-refractivity contribution is 0.454. The summed E-state index contributed by atoms with van der Waals surface area (Å²) in [4.78, 5) is -0.160. The number of anilines is 1. The Morgan fingerprint density at radius 1 is 0.941 bits per heavy atom. The quantitative estimate of drug-likeness (QED) is 0.363. The number of rotatable bonds is 7. The molecule has 2 N–H and O–H groups in total. The molecule has 170 valence electrons. The summed E-state index contributed by atoms with van der Waals surface area (Å²) in [5.41, 5.74) is 0.191. The number of hydrogen-bond donors (Lipinski definition) is 2. The van der Waals surface area contributed by atoms with Crippen LogP contribution in [0.2, 0.25) is 0 Å². The normalized spacial score (nSPS) is 11.3. The van der Waals surface area contributed by atoms with E-state index in [9.17, 15) is 12.8 Å². The zero-order chi connectivity index (χ0) is 23.5. The van der Waals surface area contributed by atoms with Crippen LogP contribution in [0.1, 0.15) is 0 Å². The Bertz CT molecular complexity index is 1510. The standard InChI is InChI=1S/C21H15FN8O3S/c22-18-8-7-16(13-17(18)21-25-28-29-26-21)34(31,32)27-14-3-5-15(6-4-14)33-20-10-9-19(23-24-20)30-11-1-2-12-30/h1-13,27H,(H,25,26,28,29). The molecule has 5 rings (SSSR count). The van der Waals surface area contributed by atoms with Gasteiger partial charge in [-0.2, -0.15) is 5.21 Å². The lowest BCUT2D eigenvalue weighted by Crippen LogP contribution is -2.13. The van der Waals surface area contributed by atoms with Crippen LogP contribution >= 0.6 is 0 Å². The van der Waals surface area contributed by atoms with Gasteiger partial charge in [-0.3, -0.25) is 4.72 Å². The Hall–Kier alpha value is -4.65. The van der Waals surface area contributed by atoms with E-state index >= 15 is 0 Å². The van der Waals surface area contributed by atoms with E-state index in [0.29, 0.717) is 11.6 Å². The molecule has 11 nitrogen and oxygen atoms in total. The highest BCUT2D eigenvalue weighted by atomic mass is 32.2. The van der Waals surface area contributed by atoms with E-state index < -0.39 is 15.8 Å². The topological polar surface area (TPSA) is 141 Å². The zero-order valence-corrected chi connectivity index (χ0v) is 18.0. The lowest BCUT2D eigenvalue weighted by atomic mass is 10.2. The molecule has 0 saturated heterocycles. The maximum atomic E-state index is 14.1. The van der Waals surface area contributed by atoms with Crippen LogP contribution in [0, 0.1) is 5.82 Å². The van der Waals surface area contributed by atoms with Gasteiger partial charge in [-0.25, -0.2) is 12.8 Å². The van der Waals surface area contributed by atoms with Crippen molar-refractivity contribution in [1.29, 1.82) is 0 Å². The Morgan fingerprint density at radius 2 is 1.74 bits per heavy atom. The van der Waals surface area contributed by atoms with Crippen molar-refractivity contribution < 1.29 is 17.5 Å². The predicted octanol–water partition coefficient (Wildman–Crippen LogP) is 3.18. The molecule has 0 bridgehead atoms. The van der Waals surface area contributed by atoms with Gasteiger partial charge in [0.25, 0.3) is 10.0 Å². The number of nitrogens with zero attached hydrogens (tertiary/aromatic N) is 6. The number of sulfonamides is 1.